The van der Waals surface area contributed by atoms with E-state index >= 15 is 0 Å². The Morgan fingerprint density at radius 1 is 1.00 bits per heavy atom. The molecule has 3 aromatic carbocycles. The first kappa shape index (κ1) is 17.0. The van der Waals surface area contributed by atoms with Gasteiger partial charge in [-0.25, -0.2) is 0 Å². The van der Waals surface area contributed by atoms with Gasteiger partial charge in [-0.2, -0.15) is 0 Å². The monoisotopic (exact) mass is 333 g/mol. The minimum atomic E-state index is -0.0869. The van der Waals surface area contributed by atoms with Gasteiger partial charge in [0.15, 0.2) is 0 Å². The largest absolute Gasteiger partial charge is 0.496 e. The molecule has 1 amide bonds. The van der Waals surface area contributed by atoms with Gasteiger partial charge in [0.25, 0.3) is 0 Å². The fourth-order valence-electron chi connectivity index (χ4n) is 3.17. The fourth-order valence-corrected chi connectivity index (χ4v) is 3.17. The molecule has 0 fully saturated rings. The second kappa shape index (κ2) is 7.84. The predicted octanol–water partition coefficient (Wildman–Crippen LogP) is 4.66. The summed E-state index contributed by atoms with van der Waals surface area (Å²) < 4.78 is 5.37. The highest BCUT2D eigenvalue weighted by Crippen LogP contribution is 2.24. The minimum Gasteiger partial charge on any atom is -0.496 e. The van der Waals surface area contributed by atoms with Crippen LogP contribution in [0.5, 0.6) is 5.75 Å². The Morgan fingerprint density at radius 2 is 1.72 bits per heavy atom. The van der Waals surface area contributed by atoms with Crippen LogP contribution in [0.4, 0.5) is 0 Å². The van der Waals surface area contributed by atoms with Crippen LogP contribution in [0.3, 0.4) is 0 Å². The van der Waals surface area contributed by atoms with E-state index in [1.54, 1.807) is 7.11 Å². The quantitative estimate of drug-likeness (QED) is 0.712. The van der Waals surface area contributed by atoms with Crippen molar-refractivity contribution in [1.29, 1.82) is 0 Å². The third kappa shape index (κ3) is 4.00. The van der Waals surface area contributed by atoms with Gasteiger partial charge in [-0.05, 0) is 35.7 Å². The Bertz CT molecular complexity index is 867. The third-order valence-electron chi connectivity index (χ3n) is 4.48. The molecule has 0 aromatic heterocycles. The smallest absolute Gasteiger partial charge is 0.220 e. The summed E-state index contributed by atoms with van der Waals surface area (Å²) >= 11 is 0. The SMILES string of the molecule is COc1ccccc1[C@H](C)NC(=O)CCc1cccc2ccccc12. The molecule has 3 rings (SSSR count). The van der Waals surface area contributed by atoms with Gasteiger partial charge in [0, 0.05) is 12.0 Å². The molecule has 0 unspecified atom stereocenters. The summed E-state index contributed by atoms with van der Waals surface area (Å²) in [5, 5.41) is 5.50. The van der Waals surface area contributed by atoms with Gasteiger partial charge in [0.1, 0.15) is 5.75 Å². The number of carbonyl (C=O) groups excluding carboxylic acids is 1. The van der Waals surface area contributed by atoms with Crippen LogP contribution in [0.25, 0.3) is 10.8 Å². The first-order valence-electron chi connectivity index (χ1n) is 8.58. The van der Waals surface area contributed by atoms with Crippen molar-refractivity contribution < 1.29 is 9.53 Å². The van der Waals surface area contributed by atoms with E-state index in [-0.39, 0.29) is 11.9 Å². The molecule has 3 nitrogen and oxygen atoms in total. The van der Waals surface area contributed by atoms with E-state index in [4.69, 9.17) is 4.74 Å². The van der Waals surface area contributed by atoms with Crippen molar-refractivity contribution in [1.82, 2.24) is 5.32 Å². The number of hydrogen-bond donors (Lipinski definition) is 1. The van der Waals surface area contributed by atoms with Crippen LogP contribution >= 0.6 is 0 Å². The Labute approximate surface area is 148 Å². The van der Waals surface area contributed by atoms with E-state index in [9.17, 15) is 4.79 Å². The molecule has 128 valence electrons. The van der Waals surface area contributed by atoms with E-state index in [0.29, 0.717) is 6.42 Å². The Balaban J connectivity index is 1.64. The maximum atomic E-state index is 12.4. The zero-order valence-corrected chi connectivity index (χ0v) is 14.7. The normalized spacial score (nSPS) is 11.9. The second-order valence-corrected chi connectivity index (χ2v) is 6.17. The molecule has 0 aliphatic rings. The Hall–Kier alpha value is -2.81. The first-order valence-corrected chi connectivity index (χ1v) is 8.58. The van der Waals surface area contributed by atoms with Crippen molar-refractivity contribution in [3.8, 4) is 5.75 Å². The van der Waals surface area contributed by atoms with Crippen LogP contribution in [-0.4, -0.2) is 13.0 Å². The molecule has 3 heteroatoms. The summed E-state index contributed by atoms with van der Waals surface area (Å²) in [6, 6.07) is 22.2. The summed E-state index contributed by atoms with van der Waals surface area (Å²) in [7, 11) is 1.65. The molecule has 25 heavy (non-hydrogen) atoms. The number of rotatable bonds is 6. The lowest BCUT2D eigenvalue weighted by Gasteiger charge is -2.17. The van der Waals surface area contributed by atoms with Crippen molar-refractivity contribution in [3.05, 3.63) is 77.9 Å². The van der Waals surface area contributed by atoms with Gasteiger partial charge in [-0.1, -0.05) is 60.7 Å². The number of amides is 1. The average molecular weight is 333 g/mol. The zero-order valence-electron chi connectivity index (χ0n) is 14.7. The molecule has 0 spiro atoms. The molecular formula is C22H23NO2. The Morgan fingerprint density at radius 3 is 2.56 bits per heavy atom. The second-order valence-electron chi connectivity index (χ2n) is 6.17. The molecule has 0 aliphatic heterocycles. The first-order chi connectivity index (χ1) is 12.2. The minimum absolute atomic E-state index is 0.0475. The highest BCUT2D eigenvalue weighted by atomic mass is 16.5. The fraction of sp³-hybridized carbons (Fsp3) is 0.227. The van der Waals surface area contributed by atoms with Gasteiger partial charge in [-0.15, -0.1) is 0 Å². The lowest BCUT2D eigenvalue weighted by Crippen LogP contribution is -2.27. The van der Waals surface area contributed by atoms with E-state index in [2.05, 4.69) is 29.6 Å². The summed E-state index contributed by atoms with van der Waals surface area (Å²) in [5.74, 6) is 0.843. The van der Waals surface area contributed by atoms with Gasteiger partial charge < -0.3 is 10.1 Å². The van der Waals surface area contributed by atoms with Gasteiger partial charge >= 0.3 is 0 Å². The molecule has 0 heterocycles. The van der Waals surface area contributed by atoms with Crippen molar-refractivity contribution >= 4 is 16.7 Å². The molecule has 1 N–H and O–H groups in total. The maximum absolute atomic E-state index is 12.4. The van der Waals surface area contributed by atoms with Crippen molar-refractivity contribution in [2.75, 3.05) is 7.11 Å². The number of para-hydroxylation sites is 1. The highest BCUT2D eigenvalue weighted by molar-refractivity contribution is 5.86. The van der Waals surface area contributed by atoms with Crippen molar-refractivity contribution in [2.45, 2.75) is 25.8 Å². The van der Waals surface area contributed by atoms with Crippen LogP contribution in [0.1, 0.15) is 30.5 Å². The number of fused-ring (bicyclic) bond motifs is 1. The van der Waals surface area contributed by atoms with Crippen LogP contribution in [0, 0.1) is 0 Å². The van der Waals surface area contributed by atoms with E-state index in [1.807, 2.05) is 49.4 Å². The molecular weight excluding hydrogens is 310 g/mol. The lowest BCUT2D eigenvalue weighted by atomic mass is 10.0. The predicted molar refractivity (Wildman–Crippen MR) is 102 cm³/mol. The lowest BCUT2D eigenvalue weighted by molar-refractivity contribution is -0.121. The summed E-state index contributed by atoms with van der Waals surface area (Å²) in [6.45, 7) is 1.98. The summed E-state index contributed by atoms with van der Waals surface area (Å²) in [6.07, 6.45) is 1.19. The van der Waals surface area contributed by atoms with Gasteiger partial charge in [0.2, 0.25) is 5.91 Å². The maximum Gasteiger partial charge on any atom is 0.220 e. The van der Waals surface area contributed by atoms with Gasteiger partial charge in [0.05, 0.1) is 13.2 Å². The van der Waals surface area contributed by atoms with E-state index in [0.717, 1.165) is 17.7 Å². The number of ether oxygens (including phenoxy) is 1. The molecule has 0 aliphatic carbocycles. The third-order valence-corrected chi connectivity index (χ3v) is 4.48. The number of nitrogens with one attached hydrogen (secondary N) is 1. The van der Waals surface area contributed by atoms with Crippen LogP contribution < -0.4 is 10.1 Å². The van der Waals surface area contributed by atoms with Crippen molar-refractivity contribution in [3.63, 3.8) is 0 Å². The van der Waals surface area contributed by atoms with Crippen LogP contribution in [0.2, 0.25) is 0 Å². The summed E-state index contributed by atoms with van der Waals surface area (Å²) in [4.78, 5) is 12.4. The molecule has 0 saturated carbocycles. The standard InChI is InChI=1S/C22H23NO2/c1-16(19-11-5-6-13-21(19)25-2)23-22(24)15-14-18-10-7-9-17-8-3-4-12-20(17)18/h3-13,16H,14-15H2,1-2H3,(H,23,24)/t16-/m0/s1. The molecule has 0 radical (unpaired) electrons. The molecule has 0 saturated heterocycles. The average Bonchev–Trinajstić information content (AvgIpc) is 2.66. The Kier molecular flexibility index (Phi) is 5.34. The van der Waals surface area contributed by atoms with E-state index in [1.165, 1.54) is 16.3 Å². The number of benzene rings is 3. The van der Waals surface area contributed by atoms with Crippen molar-refractivity contribution in [2.24, 2.45) is 0 Å². The van der Waals surface area contributed by atoms with Crippen LogP contribution in [-0.2, 0) is 11.2 Å². The van der Waals surface area contributed by atoms with Crippen LogP contribution in [0.15, 0.2) is 66.7 Å². The molecule has 3 aromatic rings. The highest BCUT2D eigenvalue weighted by Gasteiger charge is 2.13. The zero-order chi connectivity index (χ0) is 17.6. The number of methoxy groups -OCH3 is 1. The number of aryl methyl sites for hydroxylation is 1. The summed E-state index contributed by atoms with van der Waals surface area (Å²) in [5.41, 5.74) is 2.20. The van der Waals surface area contributed by atoms with Gasteiger partial charge in [-0.3, -0.25) is 4.79 Å². The number of hydrogen-bond acceptors (Lipinski definition) is 2. The molecule has 1 atom stereocenters. The topological polar surface area (TPSA) is 38.3 Å². The molecule has 0 bridgehead atoms. The number of carbonyl (C=O) groups is 1. The van der Waals surface area contributed by atoms with E-state index < -0.39 is 0 Å².